The third-order valence-electron chi connectivity index (χ3n) is 6.86. The maximum absolute atomic E-state index is 11.8. The number of rotatable bonds is 9. The van der Waals surface area contributed by atoms with Crippen molar-refractivity contribution in [2.75, 3.05) is 0 Å². The predicted molar refractivity (Wildman–Crippen MR) is 229 cm³/mol. The van der Waals surface area contributed by atoms with Gasteiger partial charge < -0.3 is 0 Å². The van der Waals surface area contributed by atoms with Gasteiger partial charge in [-0.3, -0.25) is 0 Å². The van der Waals surface area contributed by atoms with Gasteiger partial charge in [-0.05, 0) is 80.0 Å². The van der Waals surface area contributed by atoms with Gasteiger partial charge in [-0.15, -0.1) is 0 Å². The van der Waals surface area contributed by atoms with Gasteiger partial charge in [0.2, 0.25) is 5.92 Å². The lowest BCUT2D eigenvalue weighted by Gasteiger charge is -2.12. The van der Waals surface area contributed by atoms with Crippen molar-refractivity contribution in [2.45, 2.75) is 243 Å². The van der Waals surface area contributed by atoms with Crippen molar-refractivity contribution in [2.24, 2.45) is 59.2 Å². The van der Waals surface area contributed by atoms with Crippen LogP contribution in [-0.2, 0) is 0 Å². The highest BCUT2D eigenvalue weighted by molar-refractivity contribution is 4.75. The number of halogens is 3. The summed E-state index contributed by atoms with van der Waals surface area (Å²) in [6, 6.07) is 0. The van der Waals surface area contributed by atoms with Crippen LogP contribution in [0.1, 0.15) is 231 Å². The molecule has 1 aliphatic rings. The first-order valence-corrected chi connectivity index (χ1v) is 21.0. The van der Waals surface area contributed by atoms with Gasteiger partial charge in [-0.25, -0.2) is 13.2 Å². The average Bonchev–Trinajstić information content (AvgIpc) is 3.75. The molecule has 3 heteroatoms. The van der Waals surface area contributed by atoms with Gasteiger partial charge in [0, 0.05) is 5.92 Å². The van der Waals surface area contributed by atoms with Crippen LogP contribution in [0.15, 0.2) is 0 Å². The first kappa shape index (κ1) is 67.0. The van der Waals surface area contributed by atoms with Crippen molar-refractivity contribution < 1.29 is 13.2 Å². The van der Waals surface area contributed by atoms with Gasteiger partial charge in [-0.1, -0.05) is 205 Å². The van der Waals surface area contributed by atoms with Crippen molar-refractivity contribution in [3.8, 4) is 0 Å². The highest BCUT2D eigenvalue weighted by Crippen LogP contribution is 2.35. The molecule has 0 aliphatic heterocycles. The summed E-state index contributed by atoms with van der Waals surface area (Å²) >= 11 is 0. The lowest BCUT2D eigenvalue weighted by Crippen LogP contribution is -2.17. The molecule has 49 heavy (non-hydrogen) atoms. The normalized spacial score (nSPS) is 12.4. The molecule has 0 aromatic rings. The minimum atomic E-state index is -2.50. The molecular formula is C46H105F3. The Bertz CT molecular complexity index is 461. The van der Waals surface area contributed by atoms with Crippen molar-refractivity contribution in [3.63, 3.8) is 0 Å². The molecule has 0 amide bonds. The molecule has 0 aromatic heterocycles. The minimum absolute atomic E-state index is 0.185. The Labute approximate surface area is 315 Å². The van der Waals surface area contributed by atoms with Gasteiger partial charge in [-0.2, -0.15) is 0 Å². The Balaban J connectivity index is -0.0000000647. The van der Waals surface area contributed by atoms with E-state index >= 15 is 0 Å². The van der Waals surface area contributed by atoms with E-state index < -0.39 is 18.0 Å². The van der Waals surface area contributed by atoms with Crippen LogP contribution in [-0.4, -0.2) is 12.1 Å². The van der Waals surface area contributed by atoms with E-state index in [1.54, 1.807) is 6.92 Å². The fraction of sp³-hybridized carbons (Fsp3) is 1.00. The van der Waals surface area contributed by atoms with Crippen molar-refractivity contribution in [1.29, 1.82) is 0 Å². The standard InChI is InChI=1S/C6H12.2C6H14.C5H10F2.C5H11F.2C5H12.2C4H10/c1-5(2)6-3-4-6;2*1-4-5-6(2)3;1-4(2)5(3,6)7;1-4(2)5(3)6;2*1-4-5(2)3;2*1-4(2)3/h5-6H,3-4H2,1-2H3;2*6H,4-5H2,1-3H3;4H,1-3H3;4-5H,1-3H3;2*5H,4H2,1-3H3;2*4H,1-3H3. The molecule has 1 aliphatic carbocycles. The third kappa shape index (κ3) is 140. The van der Waals surface area contributed by atoms with Crippen LogP contribution in [0, 0.1) is 59.2 Å². The minimum Gasteiger partial charge on any atom is -0.248 e. The smallest absolute Gasteiger partial charge is 0.247 e. The topological polar surface area (TPSA) is 0 Å². The zero-order valence-corrected chi connectivity index (χ0v) is 39.6. The molecular weight excluding hydrogens is 610 g/mol. The highest BCUT2D eigenvalue weighted by Gasteiger charge is 2.25. The van der Waals surface area contributed by atoms with Crippen LogP contribution in [0.5, 0.6) is 0 Å². The molecule has 0 N–H and O–H groups in total. The van der Waals surface area contributed by atoms with Gasteiger partial charge in [0.05, 0.1) is 6.17 Å². The van der Waals surface area contributed by atoms with E-state index in [0.717, 1.165) is 54.3 Å². The van der Waals surface area contributed by atoms with E-state index in [2.05, 4.69) is 138 Å². The van der Waals surface area contributed by atoms with Crippen LogP contribution < -0.4 is 0 Å². The quantitative estimate of drug-likeness (QED) is 0.223. The van der Waals surface area contributed by atoms with Gasteiger partial charge >= 0.3 is 0 Å². The van der Waals surface area contributed by atoms with Crippen LogP contribution in [0.4, 0.5) is 13.2 Å². The molecule has 0 spiro atoms. The summed E-state index contributed by atoms with van der Waals surface area (Å²) in [6.07, 6.45) is 10.4. The van der Waals surface area contributed by atoms with Crippen LogP contribution in [0.25, 0.3) is 0 Å². The highest BCUT2D eigenvalue weighted by atomic mass is 19.3. The fourth-order valence-electron chi connectivity index (χ4n) is 1.92. The summed E-state index contributed by atoms with van der Waals surface area (Å²) < 4.78 is 35.5. The molecule has 0 aromatic carbocycles. The summed E-state index contributed by atoms with van der Waals surface area (Å²) in [5.41, 5.74) is 0. The van der Waals surface area contributed by atoms with E-state index in [-0.39, 0.29) is 5.92 Å². The lowest BCUT2D eigenvalue weighted by atomic mass is 10.1. The van der Waals surface area contributed by atoms with Crippen LogP contribution in [0.2, 0.25) is 0 Å². The molecule has 1 rings (SSSR count). The largest absolute Gasteiger partial charge is 0.248 e. The van der Waals surface area contributed by atoms with Crippen molar-refractivity contribution >= 4 is 0 Å². The maximum atomic E-state index is 11.8. The molecule has 1 saturated carbocycles. The molecule has 1 atom stereocenters. The number of alkyl halides is 3. The molecule has 1 fully saturated rings. The first-order chi connectivity index (χ1) is 21.9. The third-order valence-corrected chi connectivity index (χ3v) is 6.86. The summed E-state index contributed by atoms with van der Waals surface area (Å²) in [6.45, 7) is 53.6. The van der Waals surface area contributed by atoms with Gasteiger partial charge in [0.25, 0.3) is 0 Å². The second-order valence-electron chi connectivity index (χ2n) is 18.0. The molecule has 0 saturated heterocycles. The zero-order valence-electron chi connectivity index (χ0n) is 39.6. The monoisotopic (exact) mass is 715 g/mol. The SMILES string of the molecule is CC(C)C.CC(C)C.CC(C)C(C)(F)F.CC(C)C(C)F.CC(C)C1CC1.CCC(C)C.CCC(C)C.CCCC(C)C.CCCC(C)C. The Morgan fingerprint density at radius 1 is 0.490 bits per heavy atom. The Hall–Kier alpha value is -0.210. The summed E-state index contributed by atoms with van der Waals surface area (Å²) in [7, 11) is 0. The van der Waals surface area contributed by atoms with E-state index in [4.69, 9.17) is 0 Å². The van der Waals surface area contributed by atoms with E-state index in [9.17, 15) is 13.2 Å². The van der Waals surface area contributed by atoms with Gasteiger partial charge in [0.15, 0.2) is 0 Å². The second-order valence-corrected chi connectivity index (χ2v) is 18.0. The summed E-state index contributed by atoms with van der Waals surface area (Å²) in [5.74, 6) is 4.45. The van der Waals surface area contributed by atoms with E-state index in [1.807, 2.05) is 13.8 Å². The molecule has 310 valence electrons. The summed E-state index contributed by atoms with van der Waals surface area (Å²) in [5, 5.41) is 0. The predicted octanol–water partition coefficient (Wildman–Crippen LogP) is 18.7. The molecule has 0 radical (unpaired) electrons. The Morgan fingerprint density at radius 3 is 0.673 bits per heavy atom. The molecule has 1 unspecified atom stereocenters. The van der Waals surface area contributed by atoms with Crippen LogP contribution in [0.3, 0.4) is 0 Å². The van der Waals surface area contributed by atoms with Crippen molar-refractivity contribution in [3.05, 3.63) is 0 Å². The van der Waals surface area contributed by atoms with Crippen molar-refractivity contribution in [1.82, 2.24) is 0 Å². The van der Waals surface area contributed by atoms with Crippen LogP contribution >= 0.6 is 0 Å². The summed E-state index contributed by atoms with van der Waals surface area (Å²) in [4.78, 5) is 0. The molecule has 0 nitrogen and oxygen atoms in total. The molecule has 0 heterocycles. The van der Waals surface area contributed by atoms with E-state index in [1.165, 1.54) is 65.2 Å². The number of hydrogen-bond donors (Lipinski definition) is 0. The fourth-order valence-corrected chi connectivity index (χ4v) is 1.92. The zero-order chi connectivity index (χ0) is 41.5. The maximum Gasteiger partial charge on any atom is 0.247 e. The van der Waals surface area contributed by atoms with E-state index in [0.29, 0.717) is 0 Å². The number of hydrogen-bond acceptors (Lipinski definition) is 0. The molecule has 0 bridgehead atoms. The Kier molecular flexibility index (Phi) is 65.3. The lowest BCUT2D eigenvalue weighted by molar-refractivity contribution is -0.0251. The Morgan fingerprint density at radius 2 is 0.673 bits per heavy atom. The first-order valence-electron chi connectivity index (χ1n) is 21.0. The van der Waals surface area contributed by atoms with Gasteiger partial charge in [0.1, 0.15) is 0 Å². The average molecular weight is 715 g/mol. The second kappa shape index (κ2) is 47.8.